The summed E-state index contributed by atoms with van der Waals surface area (Å²) >= 11 is 0. The van der Waals surface area contributed by atoms with Crippen LogP contribution in [0.2, 0.25) is 0 Å². The second-order valence-electron chi connectivity index (χ2n) is 6.34. The van der Waals surface area contributed by atoms with Gasteiger partial charge in [-0.2, -0.15) is 5.10 Å². The van der Waals surface area contributed by atoms with Gasteiger partial charge in [-0.3, -0.25) is 9.59 Å². The maximum atomic E-state index is 11.6. The first-order chi connectivity index (χ1) is 13.9. The Kier molecular flexibility index (Phi) is 7.90. The van der Waals surface area contributed by atoms with Crippen molar-refractivity contribution >= 4 is 24.0 Å². The first-order valence-corrected chi connectivity index (χ1v) is 9.08. The number of rotatable bonds is 8. The Bertz CT molecular complexity index is 876. The molecule has 0 unspecified atom stereocenters. The van der Waals surface area contributed by atoms with Gasteiger partial charge in [0, 0.05) is 6.04 Å². The predicted molar refractivity (Wildman–Crippen MR) is 108 cm³/mol. The molecule has 2 aromatic rings. The lowest BCUT2D eigenvalue weighted by Gasteiger charge is -2.09. The van der Waals surface area contributed by atoms with E-state index >= 15 is 0 Å². The van der Waals surface area contributed by atoms with Crippen LogP contribution in [-0.4, -0.2) is 35.1 Å². The lowest BCUT2D eigenvalue weighted by atomic mass is 10.1. The molecule has 0 heterocycles. The van der Waals surface area contributed by atoms with E-state index < -0.39 is 17.8 Å². The van der Waals surface area contributed by atoms with E-state index in [1.807, 2.05) is 13.8 Å². The van der Waals surface area contributed by atoms with Crippen LogP contribution in [0.5, 0.6) is 5.75 Å². The summed E-state index contributed by atoms with van der Waals surface area (Å²) in [5.41, 5.74) is 3.96. The fraction of sp³-hybridized carbons (Fsp3) is 0.238. The Morgan fingerprint density at radius 3 is 2.31 bits per heavy atom. The van der Waals surface area contributed by atoms with Gasteiger partial charge in [0.1, 0.15) is 12.4 Å². The minimum absolute atomic E-state index is 0.0834. The lowest BCUT2D eigenvalue weighted by molar-refractivity contribution is -0.139. The number of hydrogen-bond donors (Lipinski definition) is 3. The van der Waals surface area contributed by atoms with E-state index in [0.29, 0.717) is 17.9 Å². The summed E-state index contributed by atoms with van der Waals surface area (Å²) < 4.78 is 5.65. The molecule has 8 nitrogen and oxygen atoms in total. The zero-order valence-electron chi connectivity index (χ0n) is 16.2. The summed E-state index contributed by atoms with van der Waals surface area (Å²) in [6.07, 6.45) is 2.15. The van der Waals surface area contributed by atoms with Gasteiger partial charge in [-0.15, -0.1) is 0 Å². The van der Waals surface area contributed by atoms with E-state index in [1.54, 1.807) is 36.4 Å². The number of hydrogen-bond acceptors (Lipinski definition) is 5. The number of carbonyl (C=O) groups excluding carboxylic acids is 2. The molecule has 0 saturated heterocycles. The molecule has 0 aromatic heterocycles. The average molecular weight is 397 g/mol. The highest BCUT2D eigenvalue weighted by atomic mass is 16.5. The van der Waals surface area contributed by atoms with Crippen molar-refractivity contribution in [2.75, 3.05) is 0 Å². The number of amides is 2. The first-order valence-electron chi connectivity index (χ1n) is 9.08. The highest BCUT2D eigenvalue weighted by molar-refractivity contribution is 6.35. The van der Waals surface area contributed by atoms with Gasteiger partial charge in [0.05, 0.1) is 11.8 Å². The predicted octanol–water partition coefficient (Wildman–Crippen LogP) is 2.33. The number of aromatic carboxylic acids is 1. The second-order valence-corrected chi connectivity index (χ2v) is 6.34. The van der Waals surface area contributed by atoms with Gasteiger partial charge in [0.15, 0.2) is 0 Å². The Labute approximate surface area is 168 Å². The summed E-state index contributed by atoms with van der Waals surface area (Å²) in [7, 11) is 0. The molecular formula is C21H23N3O5. The van der Waals surface area contributed by atoms with Crippen LogP contribution in [0.3, 0.4) is 0 Å². The van der Waals surface area contributed by atoms with E-state index in [1.165, 1.54) is 18.3 Å². The number of carboxylic acids is 1. The lowest BCUT2D eigenvalue weighted by Crippen LogP contribution is -2.41. The number of nitrogens with zero attached hydrogens (tertiary/aromatic N) is 1. The quantitative estimate of drug-likeness (QED) is 0.359. The van der Waals surface area contributed by atoms with Crippen molar-refractivity contribution in [3.63, 3.8) is 0 Å². The number of benzene rings is 2. The Morgan fingerprint density at radius 2 is 1.72 bits per heavy atom. The van der Waals surface area contributed by atoms with Crippen molar-refractivity contribution in [1.29, 1.82) is 0 Å². The topological polar surface area (TPSA) is 117 Å². The normalized spacial score (nSPS) is 11.7. The second kappa shape index (κ2) is 10.6. The highest BCUT2D eigenvalue weighted by Crippen LogP contribution is 2.14. The largest absolute Gasteiger partial charge is 0.489 e. The smallest absolute Gasteiger partial charge is 0.335 e. The molecule has 0 fully saturated rings. The average Bonchev–Trinajstić information content (AvgIpc) is 2.73. The van der Waals surface area contributed by atoms with E-state index in [-0.39, 0.29) is 11.6 Å². The molecule has 0 saturated carbocycles. The van der Waals surface area contributed by atoms with E-state index in [0.717, 1.165) is 12.0 Å². The molecule has 0 aliphatic heterocycles. The molecule has 0 spiro atoms. The molecule has 0 bridgehead atoms. The number of carboxylic acid groups (broad SMARTS) is 1. The summed E-state index contributed by atoms with van der Waals surface area (Å²) in [6, 6.07) is 13.3. The summed E-state index contributed by atoms with van der Waals surface area (Å²) in [6.45, 7) is 4.02. The third-order valence-corrected chi connectivity index (χ3v) is 4.06. The van der Waals surface area contributed by atoms with Gasteiger partial charge >= 0.3 is 17.8 Å². The Hall–Kier alpha value is -3.68. The summed E-state index contributed by atoms with van der Waals surface area (Å²) in [4.78, 5) is 34.1. The van der Waals surface area contributed by atoms with Crippen LogP contribution in [0.4, 0.5) is 0 Å². The van der Waals surface area contributed by atoms with E-state index in [2.05, 4.69) is 15.8 Å². The van der Waals surface area contributed by atoms with E-state index in [4.69, 9.17) is 9.84 Å². The SMILES string of the molecule is CC[C@H](C)NC(=O)C(=O)N/N=C\c1ccc(OCc2ccc(C(=O)O)cc2)cc1. The maximum absolute atomic E-state index is 11.6. The fourth-order valence-corrected chi connectivity index (χ4v) is 2.17. The molecule has 152 valence electrons. The Morgan fingerprint density at radius 1 is 1.07 bits per heavy atom. The van der Waals surface area contributed by atoms with Crippen LogP contribution in [0, 0.1) is 0 Å². The van der Waals surface area contributed by atoms with Gasteiger partial charge < -0.3 is 15.2 Å². The molecule has 0 aliphatic carbocycles. The van der Waals surface area contributed by atoms with E-state index in [9.17, 15) is 14.4 Å². The minimum Gasteiger partial charge on any atom is -0.489 e. The molecule has 0 aliphatic rings. The fourth-order valence-electron chi connectivity index (χ4n) is 2.17. The molecule has 3 N–H and O–H groups in total. The number of hydrazone groups is 1. The van der Waals surface area contributed by atoms with Crippen LogP contribution in [-0.2, 0) is 16.2 Å². The molecular weight excluding hydrogens is 374 g/mol. The molecule has 2 amide bonds. The van der Waals surface area contributed by atoms with Crippen molar-refractivity contribution in [2.24, 2.45) is 5.10 Å². The number of ether oxygens (including phenoxy) is 1. The van der Waals surface area contributed by atoms with Gasteiger partial charge in [-0.1, -0.05) is 19.1 Å². The van der Waals surface area contributed by atoms with Gasteiger partial charge in [-0.25, -0.2) is 10.2 Å². The van der Waals surface area contributed by atoms with Crippen molar-refractivity contribution in [1.82, 2.24) is 10.7 Å². The molecule has 29 heavy (non-hydrogen) atoms. The maximum Gasteiger partial charge on any atom is 0.335 e. The molecule has 2 rings (SSSR count). The highest BCUT2D eigenvalue weighted by Gasteiger charge is 2.14. The Balaban J connectivity index is 1.82. The third kappa shape index (κ3) is 7.10. The molecule has 8 heteroatoms. The standard InChI is InChI=1S/C21H23N3O5/c1-3-14(2)23-19(25)20(26)24-22-12-15-6-10-18(11-7-15)29-13-16-4-8-17(9-5-16)21(27)28/h4-12,14H,3,13H2,1-2H3,(H,23,25)(H,24,26)(H,27,28)/b22-12-/t14-/m0/s1. The van der Waals surface area contributed by atoms with Gasteiger partial charge in [0.2, 0.25) is 0 Å². The van der Waals surface area contributed by atoms with Crippen LogP contribution >= 0.6 is 0 Å². The van der Waals surface area contributed by atoms with Gasteiger partial charge in [0.25, 0.3) is 0 Å². The summed E-state index contributed by atoms with van der Waals surface area (Å²) in [5, 5.41) is 15.2. The van der Waals surface area contributed by atoms with Crippen molar-refractivity contribution in [3.05, 3.63) is 65.2 Å². The first kappa shape index (κ1) is 21.6. The zero-order valence-corrected chi connectivity index (χ0v) is 16.2. The van der Waals surface area contributed by atoms with Crippen molar-refractivity contribution in [3.8, 4) is 5.75 Å². The summed E-state index contributed by atoms with van der Waals surface area (Å²) in [5.74, 6) is -1.89. The minimum atomic E-state index is -0.970. The van der Waals surface area contributed by atoms with Crippen LogP contribution in [0.1, 0.15) is 41.8 Å². The molecule has 1 atom stereocenters. The van der Waals surface area contributed by atoms with Crippen LogP contribution < -0.4 is 15.5 Å². The third-order valence-electron chi connectivity index (χ3n) is 4.06. The van der Waals surface area contributed by atoms with Crippen molar-refractivity contribution in [2.45, 2.75) is 32.9 Å². The van der Waals surface area contributed by atoms with Gasteiger partial charge in [-0.05, 0) is 60.9 Å². The molecule has 0 radical (unpaired) electrons. The number of carbonyl (C=O) groups is 3. The number of nitrogens with one attached hydrogen (secondary N) is 2. The van der Waals surface area contributed by atoms with Crippen LogP contribution in [0.15, 0.2) is 53.6 Å². The molecule has 2 aromatic carbocycles. The zero-order chi connectivity index (χ0) is 21.2. The van der Waals surface area contributed by atoms with Crippen LogP contribution in [0.25, 0.3) is 0 Å². The monoisotopic (exact) mass is 397 g/mol. The van der Waals surface area contributed by atoms with Crippen molar-refractivity contribution < 1.29 is 24.2 Å².